The fraction of sp³-hybridized carbons (Fsp3) is 0.263. The summed E-state index contributed by atoms with van der Waals surface area (Å²) in [6, 6.07) is 8.38. The summed E-state index contributed by atoms with van der Waals surface area (Å²) in [5, 5.41) is 12.6. The normalized spacial score (nSPS) is 13.0. The fourth-order valence-electron chi connectivity index (χ4n) is 2.81. The molecule has 3 aromatic heterocycles. The zero-order valence-corrected chi connectivity index (χ0v) is 16.7. The number of aromatic nitrogens is 5. The van der Waals surface area contributed by atoms with Gasteiger partial charge in [0.05, 0.1) is 17.1 Å². The SMILES string of the molecule is CCn1c(SC(C)c2nc(-c3cccc(C(F)(F)F)c3)no2)nnc1-c1ccco1. The first kappa shape index (κ1) is 20.2. The quantitative estimate of drug-likeness (QED) is 0.371. The summed E-state index contributed by atoms with van der Waals surface area (Å²) in [6.07, 6.45) is -2.88. The molecule has 0 bridgehead atoms. The van der Waals surface area contributed by atoms with E-state index in [2.05, 4.69) is 20.3 Å². The number of furan rings is 1. The molecule has 0 saturated carbocycles. The van der Waals surface area contributed by atoms with Crippen molar-refractivity contribution in [2.24, 2.45) is 0 Å². The van der Waals surface area contributed by atoms with Gasteiger partial charge >= 0.3 is 6.18 Å². The van der Waals surface area contributed by atoms with E-state index in [-0.39, 0.29) is 22.5 Å². The summed E-state index contributed by atoms with van der Waals surface area (Å²) < 4.78 is 51.4. The smallest absolute Gasteiger partial charge is 0.416 e. The van der Waals surface area contributed by atoms with Crippen molar-refractivity contribution in [3.8, 4) is 23.0 Å². The van der Waals surface area contributed by atoms with Crippen LogP contribution in [-0.4, -0.2) is 24.9 Å². The Hall–Kier alpha value is -3.08. The molecule has 4 aromatic rings. The average molecular weight is 435 g/mol. The van der Waals surface area contributed by atoms with Crippen LogP contribution in [0.3, 0.4) is 0 Å². The molecule has 7 nitrogen and oxygen atoms in total. The van der Waals surface area contributed by atoms with Gasteiger partial charge in [-0.2, -0.15) is 18.2 Å². The summed E-state index contributed by atoms with van der Waals surface area (Å²) in [7, 11) is 0. The van der Waals surface area contributed by atoms with E-state index < -0.39 is 11.7 Å². The Balaban J connectivity index is 1.55. The molecule has 1 unspecified atom stereocenters. The van der Waals surface area contributed by atoms with E-state index in [0.717, 1.165) is 12.1 Å². The van der Waals surface area contributed by atoms with Gasteiger partial charge in [-0.1, -0.05) is 29.1 Å². The molecule has 0 fully saturated rings. The molecule has 1 atom stereocenters. The molecule has 0 aliphatic rings. The monoisotopic (exact) mass is 435 g/mol. The molecule has 30 heavy (non-hydrogen) atoms. The maximum absolute atomic E-state index is 12.9. The van der Waals surface area contributed by atoms with Crippen molar-refractivity contribution in [1.29, 1.82) is 0 Å². The van der Waals surface area contributed by atoms with Crippen molar-refractivity contribution in [3.63, 3.8) is 0 Å². The minimum absolute atomic E-state index is 0.0942. The molecule has 3 heterocycles. The molecule has 0 radical (unpaired) electrons. The Bertz CT molecular complexity index is 1140. The van der Waals surface area contributed by atoms with Crippen molar-refractivity contribution < 1.29 is 22.1 Å². The second kappa shape index (κ2) is 7.98. The van der Waals surface area contributed by atoms with Crippen molar-refractivity contribution in [2.45, 2.75) is 37.0 Å². The maximum Gasteiger partial charge on any atom is 0.416 e. The molecule has 0 saturated heterocycles. The average Bonchev–Trinajstić information content (AvgIpc) is 3.47. The Morgan fingerprint density at radius 2 is 2.00 bits per heavy atom. The second-order valence-corrected chi connectivity index (χ2v) is 7.63. The minimum atomic E-state index is -4.44. The van der Waals surface area contributed by atoms with Crippen molar-refractivity contribution in [2.75, 3.05) is 0 Å². The zero-order valence-electron chi connectivity index (χ0n) is 15.9. The number of alkyl halides is 3. The molecular weight excluding hydrogens is 419 g/mol. The summed E-state index contributed by atoms with van der Waals surface area (Å²) >= 11 is 1.35. The third-order valence-electron chi connectivity index (χ3n) is 4.29. The standard InChI is InChI=1S/C19H16F3N5O2S/c1-3-27-16(14-8-5-9-28-14)24-25-18(27)30-11(2)17-23-15(26-29-17)12-6-4-7-13(10-12)19(20,21)22/h4-11H,3H2,1-2H3. The van der Waals surface area contributed by atoms with Gasteiger partial charge in [0.2, 0.25) is 11.7 Å². The Morgan fingerprint density at radius 1 is 1.17 bits per heavy atom. The van der Waals surface area contributed by atoms with E-state index in [4.69, 9.17) is 8.94 Å². The number of halogens is 3. The zero-order chi connectivity index (χ0) is 21.3. The van der Waals surface area contributed by atoms with Gasteiger partial charge in [-0.05, 0) is 38.1 Å². The highest BCUT2D eigenvalue weighted by molar-refractivity contribution is 7.99. The number of thioether (sulfide) groups is 1. The topological polar surface area (TPSA) is 82.8 Å². The summed E-state index contributed by atoms with van der Waals surface area (Å²) in [5.41, 5.74) is -0.538. The van der Waals surface area contributed by atoms with Gasteiger partial charge in [-0.25, -0.2) is 0 Å². The number of nitrogens with zero attached hydrogens (tertiary/aromatic N) is 5. The van der Waals surface area contributed by atoms with Gasteiger partial charge in [0.15, 0.2) is 16.7 Å². The van der Waals surface area contributed by atoms with Crippen LogP contribution in [-0.2, 0) is 12.7 Å². The molecule has 0 aliphatic heterocycles. The molecule has 0 aliphatic carbocycles. The largest absolute Gasteiger partial charge is 0.461 e. The summed E-state index contributed by atoms with van der Waals surface area (Å²) in [5.74, 6) is 1.58. The Morgan fingerprint density at radius 3 is 2.70 bits per heavy atom. The highest BCUT2D eigenvalue weighted by Crippen LogP contribution is 2.36. The number of rotatable bonds is 6. The van der Waals surface area contributed by atoms with E-state index >= 15 is 0 Å². The van der Waals surface area contributed by atoms with Gasteiger partial charge in [0, 0.05) is 12.1 Å². The third kappa shape index (κ3) is 3.97. The number of benzene rings is 1. The van der Waals surface area contributed by atoms with Gasteiger partial charge < -0.3 is 8.94 Å². The highest BCUT2D eigenvalue weighted by atomic mass is 32.2. The summed E-state index contributed by atoms with van der Waals surface area (Å²) in [6.45, 7) is 4.43. The molecule has 1 aromatic carbocycles. The Labute approximate surface area is 173 Å². The molecule has 0 N–H and O–H groups in total. The van der Waals surface area contributed by atoms with E-state index in [1.807, 2.05) is 18.4 Å². The highest BCUT2D eigenvalue weighted by Gasteiger charge is 2.31. The molecule has 0 amide bonds. The predicted octanol–water partition coefficient (Wildman–Crippen LogP) is 5.48. The fourth-order valence-corrected chi connectivity index (χ4v) is 3.75. The molecule has 0 spiro atoms. The van der Waals surface area contributed by atoms with Crippen LogP contribution >= 0.6 is 11.8 Å². The number of hydrogen-bond acceptors (Lipinski definition) is 7. The first-order chi connectivity index (χ1) is 14.4. The Kier molecular flexibility index (Phi) is 5.37. The summed E-state index contributed by atoms with van der Waals surface area (Å²) in [4.78, 5) is 4.27. The van der Waals surface area contributed by atoms with Gasteiger partial charge in [0.1, 0.15) is 0 Å². The third-order valence-corrected chi connectivity index (χ3v) is 5.36. The van der Waals surface area contributed by atoms with Crippen LogP contribution in [0.1, 0.15) is 30.6 Å². The van der Waals surface area contributed by atoms with Gasteiger partial charge in [-0.15, -0.1) is 10.2 Å². The van der Waals surface area contributed by atoms with Crippen LogP contribution in [0.4, 0.5) is 13.2 Å². The van der Waals surface area contributed by atoms with Crippen molar-refractivity contribution >= 4 is 11.8 Å². The number of hydrogen-bond donors (Lipinski definition) is 0. The second-order valence-electron chi connectivity index (χ2n) is 6.32. The van der Waals surface area contributed by atoms with Crippen LogP contribution in [0.2, 0.25) is 0 Å². The lowest BCUT2D eigenvalue weighted by Crippen LogP contribution is -2.04. The molecule has 156 valence electrons. The van der Waals surface area contributed by atoms with Crippen LogP contribution in [0, 0.1) is 0 Å². The maximum atomic E-state index is 12.9. The first-order valence-corrected chi connectivity index (χ1v) is 9.89. The predicted molar refractivity (Wildman–Crippen MR) is 102 cm³/mol. The van der Waals surface area contributed by atoms with Crippen LogP contribution in [0.15, 0.2) is 56.8 Å². The van der Waals surface area contributed by atoms with E-state index in [1.54, 1.807) is 18.4 Å². The van der Waals surface area contributed by atoms with Crippen LogP contribution in [0.5, 0.6) is 0 Å². The van der Waals surface area contributed by atoms with E-state index in [9.17, 15) is 13.2 Å². The lowest BCUT2D eigenvalue weighted by atomic mass is 10.1. The minimum Gasteiger partial charge on any atom is -0.461 e. The lowest BCUT2D eigenvalue weighted by Gasteiger charge is -2.08. The molecule has 4 rings (SSSR count). The lowest BCUT2D eigenvalue weighted by molar-refractivity contribution is -0.137. The van der Waals surface area contributed by atoms with Crippen molar-refractivity contribution in [3.05, 3.63) is 54.1 Å². The van der Waals surface area contributed by atoms with E-state index in [1.165, 1.54) is 23.9 Å². The molecular formula is C19H16F3N5O2S. The van der Waals surface area contributed by atoms with Crippen molar-refractivity contribution in [1.82, 2.24) is 24.9 Å². The van der Waals surface area contributed by atoms with Gasteiger partial charge in [0.25, 0.3) is 0 Å². The van der Waals surface area contributed by atoms with E-state index in [0.29, 0.717) is 23.3 Å². The van der Waals surface area contributed by atoms with Crippen LogP contribution < -0.4 is 0 Å². The van der Waals surface area contributed by atoms with Crippen LogP contribution in [0.25, 0.3) is 23.0 Å². The first-order valence-electron chi connectivity index (χ1n) is 9.01. The van der Waals surface area contributed by atoms with Gasteiger partial charge in [-0.3, -0.25) is 4.57 Å². The molecule has 11 heteroatoms.